The predicted octanol–water partition coefficient (Wildman–Crippen LogP) is 2.30. The molecule has 16 heavy (non-hydrogen) atoms. The van der Waals surface area contributed by atoms with Crippen LogP contribution in [0.1, 0.15) is 52.4 Å². The minimum atomic E-state index is 0.644. The average molecular weight is 222 g/mol. The molecule has 4 aliphatic rings. The topological polar surface area (TPSA) is 24.1 Å². The summed E-state index contributed by atoms with van der Waals surface area (Å²) in [6, 6.07) is 1.40. The highest BCUT2D eigenvalue weighted by Crippen LogP contribution is 2.58. The molecule has 2 atom stereocenters. The van der Waals surface area contributed by atoms with E-state index in [-0.39, 0.29) is 0 Å². The summed E-state index contributed by atoms with van der Waals surface area (Å²) in [6.07, 6.45) is 8.83. The standard InChI is InChI=1S/C14H26N2/c1-11-9-16-12(10-15-11)14-6-3-13(2,4-7-14)5-8-14/h11-12,15-16H,3-10H2,1-2H3. The van der Waals surface area contributed by atoms with Crippen LogP contribution in [0.4, 0.5) is 0 Å². The van der Waals surface area contributed by atoms with E-state index in [0.29, 0.717) is 16.9 Å². The fourth-order valence-electron chi connectivity index (χ4n) is 4.14. The Morgan fingerprint density at radius 2 is 1.50 bits per heavy atom. The van der Waals surface area contributed by atoms with Gasteiger partial charge in [0.25, 0.3) is 0 Å². The molecule has 92 valence electrons. The van der Waals surface area contributed by atoms with Crippen LogP contribution in [0.3, 0.4) is 0 Å². The number of rotatable bonds is 1. The minimum Gasteiger partial charge on any atom is -0.311 e. The van der Waals surface area contributed by atoms with Crippen LogP contribution in [0.25, 0.3) is 0 Å². The minimum absolute atomic E-state index is 0.644. The van der Waals surface area contributed by atoms with Crippen LogP contribution in [0.2, 0.25) is 0 Å². The third-order valence-electron chi connectivity index (χ3n) is 5.76. The van der Waals surface area contributed by atoms with Crippen molar-refractivity contribution >= 4 is 0 Å². The van der Waals surface area contributed by atoms with Gasteiger partial charge >= 0.3 is 0 Å². The van der Waals surface area contributed by atoms with Gasteiger partial charge in [-0.1, -0.05) is 6.92 Å². The van der Waals surface area contributed by atoms with Gasteiger partial charge in [-0.25, -0.2) is 0 Å². The van der Waals surface area contributed by atoms with Crippen molar-refractivity contribution in [2.75, 3.05) is 13.1 Å². The molecule has 1 aliphatic heterocycles. The molecule has 4 fully saturated rings. The first-order chi connectivity index (χ1) is 7.62. The Hall–Kier alpha value is -0.0800. The molecule has 4 rings (SSSR count). The molecule has 2 unspecified atom stereocenters. The molecular formula is C14H26N2. The van der Waals surface area contributed by atoms with Crippen LogP contribution in [0, 0.1) is 10.8 Å². The molecule has 0 aromatic heterocycles. The Labute approximate surface area is 99.6 Å². The van der Waals surface area contributed by atoms with E-state index in [0.717, 1.165) is 12.6 Å². The quantitative estimate of drug-likeness (QED) is 0.711. The summed E-state index contributed by atoms with van der Waals surface area (Å²) in [4.78, 5) is 0. The van der Waals surface area contributed by atoms with Crippen molar-refractivity contribution in [3.05, 3.63) is 0 Å². The lowest BCUT2D eigenvalue weighted by molar-refractivity contribution is -0.0277. The second-order valence-corrected chi connectivity index (χ2v) is 6.94. The van der Waals surface area contributed by atoms with Gasteiger partial charge in [0.15, 0.2) is 0 Å². The smallest absolute Gasteiger partial charge is 0.0249 e. The average Bonchev–Trinajstić information content (AvgIpc) is 2.31. The highest BCUT2D eigenvalue weighted by molar-refractivity contribution is 5.04. The molecule has 0 aromatic carbocycles. The second kappa shape index (κ2) is 3.71. The first kappa shape index (κ1) is 11.0. The molecule has 2 heteroatoms. The normalized spacial score (nSPS) is 52.9. The van der Waals surface area contributed by atoms with Crippen molar-refractivity contribution in [1.82, 2.24) is 10.6 Å². The highest BCUT2D eigenvalue weighted by atomic mass is 15.1. The van der Waals surface area contributed by atoms with E-state index >= 15 is 0 Å². The van der Waals surface area contributed by atoms with Gasteiger partial charge in [-0.2, -0.15) is 0 Å². The highest BCUT2D eigenvalue weighted by Gasteiger charge is 2.50. The Kier molecular flexibility index (Phi) is 2.56. The lowest BCUT2D eigenvalue weighted by Crippen LogP contribution is -2.62. The molecule has 0 aromatic rings. The van der Waals surface area contributed by atoms with Crippen molar-refractivity contribution in [2.24, 2.45) is 10.8 Å². The SMILES string of the molecule is CC1CNC(C23CCC(C)(CC2)CC3)CN1. The van der Waals surface area contributed by atoms with Crippen LogP contribution in [0.15, 0.2) is 0 Å². The lowest BCUT2D eigenvalue weighted by Gasteiger charge is -2.56. The van der Waals surface area contributed by atoms with Crippen LogP contribution in [0.5, 0.6) is 0 Å². The summed E-state index contributed by atoms with van der Waals surface area (Å²) in [5, 5.41) is 7.46. The van der Waals surface area contributed by atoms with Crippen molar-refractivity contribution < 1.29 is 0 Å². The lowest BCUT2D eigenvalue weighted by atomic mass is 9.52. The summed E-state index contributed by atoms with van der Waals surface area (Å²) < 4.78 is 0. The van der Waals surface area contributed by atoms with Crippen LogP contribution in [-0.4, -0.2) is 25.2 Å². The third kappa shape index (κ3) is 1.70. The van der Waals surface area contributed by atoms with Crippen molar-refractivity contribution in [2.45, 2.75) is 64.5 Å². The number of fused-ring (bicyclic) bond motifs is 3. The Morgan fingerprint density at radius 3 is 2.00 bits per heavy atom. The predicted molar refractivity (Wildman–Crippen MR) is 67.5 cm³/mol. The van der Waals surface area contributed by atoms with Gasteiger partial charge in [-0.05, 0) is 56.3 Å². The molecule has 3 aliphatic carbocycles. The van der Waals surface area contributed by atoms with Crippen molar-refractivity contribution in [3.8, 4) is 0 Å². The summed E-state index contributed by atoms with van der Waals surface area (Å²) in [5.74, 6) is 0. The van der Waals surface area contributed by atoms with Gasteiger partial charge in [-0.15, -0.1) is 0 Å². The zero-order valence-electron chi connectivity index (χ0n) is 10.8. The van der Waals surface area contributed by atoms with Gasteiger partial charge in [0.05, 0.1) is 0 Å². The third-order valence-corrected chi connectivity index (χ3v) is 5.76. The number of piperazine rings is 1. The van der Waals surface area contributed by atoms with Crippen LogP contribution >= 0.6 is 0 Å². The zero-order valence-corrected chi connectivity index (χ0v) is 10.8. The van der Waals surface area contributed by atoms with Gasteiger partial charge < -0.3 is 10.6 Å². The van der Waals surface area contributed by atoms with Gasteiger partial charge in [0.2, 0.25) is 0 Å². The molecule has 1 saturated heterocycles. The van der Waals surface area contributed by atoms with Gasteiger partial charge in [0.1, 0.15) is 0 Å². The molecule has 0 amide bonds. The molecule has 0 spiro atoms. The Morgan fingerprint density at radius 1 is 0.875 bits per heavy atom. The van der Waals surface area contributed by atoms with Gasteiger partial charge in [-0.3, -0.25) is 0 Å². The number of nitrogens with one attached hydrogen (secondary N) is 2. The maximum Gasteiger partial charge on any atom is 0.0249 e. The summed E-state index contributed by atoms with van der Waals surface area (Å²) in [6.45, 7) is 7.13. The molecule has 3 saturated carbocycles. The van der Waals surface area contributed by atoms with Gasteiger partial charge in [0, 0.05) is 25.2 Å². The molecule has 1 heterocycles. The maximum absolute atomic E-state index is 3.80. The molecule has 2 N–H and O–H groups in total. The zero-order chi connectivity index (χ0) is 11.2. The second-order valence-electron chi connectivity index (χ2n) is 6.94. The van der Waals surface area contributed by atoms with Crippen molar-refractivity contribution in [1.29, 1.82) is 0 Å². The van der Waals surface area contributed by atoms with Crippen molar-refractivity contribution in [3.63, 3.8) is 0 Å². The molecule has 0 radical (unpaired) electrons. The molecule has 2 bridgehead atoms. The van der Waals surface area contributed by atoms with E-state index in [1.54, 1.807) is 0 Å². The van der Waals surface area contributed by atoms with E-state index in [1.807, 2.05) is 0 Å². The fourth-order valence-corrected chi connectivity index (χ4v) is 4.14. The number of hydrogen-bond donors (Lipinski definition) is 2. The number of hydrogen-bond acceptors (Lipinski definition) is 2. The van der Waals surface area contributed by atoms with E-state index in [4.69, 9.17) is 0 Å². The summed E-state index contributed by atoms with van der Waals surface area (Å²) >= 11 is 0. The summed E-state index contributed by atoms with van der Waals surface area (Å²) in [7, 11) is 0. The van der Waals surface area contributed by atoms with E-state index < -0.39 is 0 Å². The molecule has 2 nitrogen and oxygen atoms in total. The Bertz CT molecular complexity index is 241. The van der Waals surface area contributed by atoms with E-state index in [1.165, 1.54) is 45.1 Å². The van der Waals surface area contributed by atoms with Crippen LogP contribution in [-0.2, 0) is 0 Å². The van der Waals surface area contributed by atoms with Crippen LogP contribution < -0.4 is 10.6 Å². The van der Waals surface area contributed by atoms with E-state index in [2.05, 4.69) is 24.5 Å². The first-order valence-corrected chi connectivity index (χ1v) is 7.09. The van der Waals surface area contributed by atoms with E-state index in [9.17, 15) is 0 Å². The molecular weight excluding hydrogens is 196 g/mol. The monoisotopic (exact) mass is 222 g/mol. The fraction of sp³-hybridized carbons (Fsp3) is 1.00. The summed E-state index contributed by atoms with van der Waals surface area (Å²) in [5.41, 5.74) is 1.35. The first-order valence-electron chi connectivity index (χ1n) is 7.09. The Balaban J connectivity index is 1.70. The largest absolute Gasteiger partial charge is 0.311 e. The maximum atomic E-state index is 3.80.